The molecule has 2 aromatic heterocycles. The Morgan fingerprint density at radius 3 is 2.62 bits per heavy atom. The minimum Gasteiger partial charge on any atom is -0.333 e. The first-order chi connectivity index (χ1) is 11.6. The SMILES string of the molecule is CCc1nc2cc(Cl)ccn2c1C(=O)N(CC)Cc1ccccc1. The standard InChI is InChI=1S/C19H20ClN3O/c1-3-16-18(23-11-10-15(20)12-17(23)21-16)19(24)22(4-2)13-14-8-6-5-7-9-14/h5-12H,3-4,13H2,1-2H3. The predicted octanol–water partition coefficient (Wildman–Crippen LogP) is 4.21. The van der Waals surface area contributed by atoms with E-state index in [4.69, 9.17) is 11.6 Å². The van der Waals surface area contributed by atoms with Gasteiger partial charge in [-0.3, -0.25) is 9.20 Å². The predicted molar refractivity (Wildman–Crippen MR) is 96.4 cm³/mol. The van der Waals surface area contributed by atoms with E-state index in [-0.39, 0.29) is 5.91 Å². The smallest absolute Gasteiger partial charge is 0.273 e. The summed E-state index contributed by atoms with van der Waals surface area (Å²) in [5.41, 5.74) is 3.25. The van der Waals surface area contributed by atoms with Crippen molar-refractivity contribution in [2.75, 3.05) is 6.54 Å². The average molecular weight is 342 g/mol. The van der Waals surface area contributed by atoms with Crippen LogP contribution in [-0.2, 0) is 13.0 Å². The number of nitrogens with zero attached hydrogens (tertiary/aromatic N) is 3. The fourth-order valence-electron chi connectivity index (χ4n) is 2.82. The van der Waals surface area contributed by atoms with Crippen molar-refractivity contribution in [1.82, 2.24) is 14.3 Å². The van der Waals surface area contributed by atoms with Crippen molar-refractivity contribution in [3.63, 3.8) is 0 Å². The Morgan fingerprint density at radius 2 is 1.96 bits per heavy atom. The van der Waals surface area contributed by atoms with Crippen molar-refractivity contribution < 1.29 is 4.79 Å². The number of aryl methyl sites for hydroxylation is 1. The van der Waals surface area contributed by atoms with Gasteiger partial charge in [0.2, 0.25) is 0 Å². The molecule has 2 heterocycles. The summed E-state index contributed by atoms with van der Waals surface area (Å²) in [5.74, 6) is -0.00646. The molecule has 0 aliphatic rings. The third-order valence-corrected chi connectivity index (χ3v) is 4.32. The Morgan fingerprint density at radius 1 is 1.21 bits per heavy atom. The molecular formula is C19H20ClN3O. The van der Waals surface area contributed by atoms with Crippen LogP contribution in [0.2, 0.25) is 5.02 Å². The number of carbonyl (C=O) groups is 1. The topological polar surface area (TPSA) is 37.6 Å². The molecule has 0 fully saturated rings. The molecule has 0 aliphatic carbocycles. The number of imidazole rings is 1. The number of amides is 1. The van der Waals surface area contributed by atoms with E-state index >= 15 is 0 Å². The number of fused-ring (bicyclic) bond motifs is 1. The third-order valence-electron chi connectivity index (χ3n) is 4.08. The van der Waals surface area contributed by atoms with Gasteiger partial charge in [0, 0.05) is 30.4 Å². The van der Waals surface area contributed by atoms with Crippen molar-refractivity contribution >= 4 is 23.2 Å². The molecule has 0 radical (unpaired) electrons. The van der Waals surface area contributed by atoms with E-state index in [0.29, 0.717) is 35.9 Å². The number of aromatic nitrogens is 2. The first kappa shape index (κ1) is 16.5. The van der Waals surface area contributed by atoms with E-state index < -0.39 is 0 Å². The number of benzene rings is 1. The molecule has 24 heavy (non-hydrogen) atoms. The van der Waals surface area contributed by atoms with Gasteiger partial charge in [-0.25, -0.2) is 4.98 Å². The molecule has 124 valence electrons. The van der Waals surface area contributed by atoms with Gasteiger partial charge in [-0.05, 0) is 25.0 Å². The van der Waals surface area contributed by atoms with Crippen LogP contribution in [0.25, 0.3) is 5.65 Å². The zero-order valence-electron chi connectivity index (χ0n) is 13.9. The highest BCUT2D eigenvalue weighted by Crippen LogP contribution is 2.20. The Hall–Kier alpha value is -2.33. The summed E-state index contributed by atoms with van der Waals surface area (Å²) in [7, 11) is 0. The molecule has 5 heteroatoms. The Balaban J connectivity index is 2.00. The fourth-order valence-corrected chi connectivity index (χ4v) is 2.98. The molecule has 0 aliphatic heterocycles. The molecular weight excluding hydrogens is 322 g/mol. The summed E-state index contributed by atoms with van der Waals surface area (Å²) in [4.78, 5) is 19.6. The first-order valence-corrected chi connectivity index (χ1v) is 8.51. The van der Waals surface area contributed by atoms with Gasteiger partial charge in [-0.15, -0.1) is 0 Å². The lowest BCUT2D eigenvalue weighted by Crippen LogP contribution is -2.31. The second-order valence-corrected chi connectivity index (χ2v) is 6.08. The lowest BCUT2D eigenvalue weighted by atomic mass is 10.2. The van der Waals surface area contributed by atoms with Gasteiger partial charge >= 0.3 is 0 Å². The largest absolute Gasteiger partial charge is 0.333 e. The maximum absolute atomic E-state index is 13.2. The van der Waals surface area contributed by atoms with Crippen molar-refractivity contribution in [3.8, 4) is 0 Å². The zero-order valence-corrected chi connectivity index (χ0v) is 14.6. The molecule has 0 N–H and O–H groups in total. The van der Waals surface area contributed by atoms with Crippen LogP contribution in [0, 0.1) is 0 Å². The van der Waals surface area contributed by atoms with Crippen molar-refractivity contribution in [3.05, 3.63) is 70.6 Å². The van der Waals surface area contributed by atoms with Crippen molar-refractivity contribution in [2.45, 2.75) is 26.8 Å². The minimum absolute atomic E-state index is 0.00646. The van der Waals surface area contributed by atoms with Gasteiger partial charge < -0.3 is 4.90 Å². The number of halogens is 1. The number of pyridine rings is 1. The second-order valence-electron chi connectivity index (χ2n) is 5.64. The van der Waals surface area contributed by atoms with Gasteiger partial charge in [0.1, 0.15) is 11.3 Å². The molecule has 3 aromatic rings. The molecule has 1 aromatic carbocycles. The quantitative estimate of drug-likeness (QED) is 0.697. The lowest BCUT2D eigenvalue weighted by Gasteiger charge is -2.21. The molecule has 4 nitrogen and oxygen atoms in total. The molecule has 0 saturated heterocycles. The van der Waals surface area contributed by atoms with Crippen LogP contribution in [0.1, 0.15) is 35.6 Å². The highest BCUT2D eigenvalue weighted by molar-refractivity contribution is 6.30. The number of carbonyl (C=O) groups excluding carboxylic acids is 1. The van der Waals surface area contributed by atoms with Gasteiger partial charge in [-0.2, -0.15) is 0 Å². The van der Waals surface area contributed by atoms with E-state index in [9.17, 15) is 4.79 Å². The van der Waals surface area contributed by atoms with Gasteiger partial charge in [-0.1, -0.05) is 48.9 Å². The van der Waals surface area contributed by atoms with E-state index in [1.807, 2.05) is 59.7 Å². The number of rotatable bonds is 5. The van der Waals surface area contributed by atoms with Crippen molar-refractivity contribution in [1.29, 1.82) is 0 Å². The van der Waals surface area contributed by atoms with E-state index in [0.717, 1.165) is 11.3 Å². The van der Waals surface area contributed by atoms with Crippen LogP contribution in [0.4, 0.5) is 0 Å². The van der Waals surface area contributed by atoms with Gasteiger partial charge in [0.15, 0.2) is 0 Å². The van der Waals surface area contributed by atoms with Crippen LogP contribution in [-0.4, -0.2) is 26.7 Å². The summed E-state index contributed by atoms with van der Waals surface area (Å²) in [6, 6.07) is 13.6. The Bertz CT molecular complexity index is 858. The number of hydrogen-bond donors (Lipinski definition) is 0. The average Bonchev–Trinajstić information content (AvgIpc) is 2.97. The molecule has 3 rings (SSSR count). The van der Waals surface area contributed by atoms with E-state index in [2.05, 4.69) is 4.98 Å². The molecule has 0 bridgehead atoms. The minimum atomic E-state index is -0.00646. The summed E-state index contributed by atoms with van der Waals surface area (Å²) >= 11 is 6.05. The number of hydrogen-bond acceptors (Lipinski definition) is 2. The zero-order chi connectivity index (χ0) is 17.1. The molecule has 0 spiro atoms. The van der Waals surface area contributed by atoms with E-state index in [1.54, 1.807) is 12.1 Å². The summed E-state index contributed by atoms with van der Waals surface area (Å²) in [6.07, 6.45) is 2.51. The lowest BCUT2D eigenvalue weighted by molar-refractivity contribution is 0.0744. The molecule has 0 atom stereocenters. The van der Waals surface area contributed by atoms with Crippen LogP contribution in [0.15, 0.2) is 48.7 Å². The Labute approximate surface area is 146 Å². The summed E-state index contributed by atoms with van der Waals surface area (Å²) in [5, 5.41) is 0.616. The van der Waals surface area contributed by atoms with Crippen LogP contribution in [0.5, 0.6) is 0 Å². The first-order valence-electron chi connectivity index (χ1n) is 8.13. The highest BCUT2D eigenvalue weighted by Gasteiger charge is 2.23. The van der Waals surface area contributed by atoms with Crippen molar-refractivity contribution in [2.24, 2.45) is 0 Å². The van der Waals surface area contributed by atoms with Gasteiger partial charge in [0.25, 0.3) is 5.91 Å². The fraction of sp³-hybridized carbons (Fsp3) is 0.263. The van der Waals surface area contributed by atoms with E-state index in [1.165, 1.54) is 0 Å². The molecule has 1 amide bonds. The van der Waals surface area contributed by atoms with Crippen LogP contribution >= 0.6 is 11.6 Å². The summed E-state index contributed by atoms with van der Waals surface area (Å²) in [6.45, 7) is 5.22. The Kier molecular flexibility index (Phi) is 4.86. The molecule has 0 saturated carbocycles. The second kappa shape index (κ2) is 7.05. The summed E-state index contributed by atoms with van der Waals surface area (Å²) < 4.78 is 1.83. The van der Waals surface area contributed by atoms with Crippen LogP contribution in [0.3, 0.4) is 0 Å². The van der Waals surface area contributed by atoms with Gasteiger partial charge in [0.05, 0.1) is 5.69 Å². The maximum atomic E-state index is 13.2. The van der Waals surface area contributed by atoms with Crippen LogP contribution < -0.4 is 0 Å². The normalized spacial score (nSPS) is 11.0. The highest BCUT2D eigenvalue weighted by atomic mass is 35.5. The monoisotopic (exact) mass is 341 g/mol. The third kappa shape index (κ3) is 3.15. The molecule has 0 unspecified atom stereocenters. The maximum Gasteiger partial charge on any atom is 0.273 e.